The number of allylic oxidation sites excluding steroid dienone is 3. The molecular weight excluding hydrogens is 632 g/mol. The molecule has 5 heterocycles. The number of aromatic nitrogens is 3. The van der Waals surface area contributed by atoms with Gasteiger partial charge in [0.15, 0.2) is 5.78 Å². The average Bonchev–Trinajstić information content (AvgIpc) is 3.79. The van der Waals surface area contributed by atoms with Crippen LogP contribution >= 0.6 is 0 Å². The van der Waals surface area contributed by atoms with Crippen LogP contribution in [0.3, 0.4) is 0 Å². The molecule has 1 saturated heterocycles. The van der Waals surface area contributed by atoms with Gasteiger partial charge in [0.2, 0.25) is 0 Å². The predicted molar refractivity (Wildman–Crippen MR) is 195 cm³/mol. The van der Waals surface area contributed by atoms with Crippen molar-refractivity contribution in [2.75, 3.05) is 13.7 Å². The van der Waals surface area contributed by atoms with E-state index in [1.807, 2.05) is 52.8 Å². The molecule has 10 nitrogen and oxygen atoms in total. The Kier molecular flexibility index (Phi) is 9.26. The molecule has 8 bridgehead atoms. The van der Waals surface area contributed by atoms with E-state index in [0.717, 1.165) is 61.4 Å². The molecule has 6 rings (SSSR count). The van der Waals surface area contributed by atoms with E-state index < -0.39 is 29.6 Å². The van der Waals surface area contributed by atoms with E-state index in [-0.39, 0.29) is 31.1 Å². The minimum atomic E-state index is -1.33. The molecule has 50 heavy (non-hydrogen) atoms. The summed E-state index contributed by atoms with van der Waals surface area (Å²) in [5.41, 5.74) is 9.88. The van der Waals surface area contributed by atoms with Crippen LogP contribution in [0.1, 0.15) is 101 Å². The molecule has 1 fully saturated rings. The van der Waals surface area contributed by atoms with E-state index in [9.17, 15) is 19.6 Å². The first kappa shape index (κ1) is 34.8. The predicted octanol–water partition coefficient (Wildman–Crippen LogP) is 5.87. The number of carbonyl (C=O) groups excluding carboxylic acids is 3. The first-order valence-electron chi connectivity index (χ1n) is 17.1. The molecule has 3 aromatic heterocycles. The number of ketones is 1. The fraction of sp³-hybridized carbons (Fsp3) is 0.375. The highest BCUT2D eigenvalue weighted by molar-refractivity contribution is 6.24. The molecule has 2 aliphatic heterocycles. The standard InChI is InChI=1S/C40H45N4O6/c1-10-24-20(5)27-16-30-25(11-2)21(6)29(42-30)18-32-22(7)26(12-13-33(45)50-15-14-19(3)4)38(44(32)48)35-36(40(47)49-9)39(46)34-23(8)28(43-37(34)35)17-31(24)41-27/h11,14,16-18,22,26,36,41-43H,2,10,12-13,15H2,1,3-9H3/q-1/b27-16-,31-17-,32-18-,38-35?/t22-,26-,36+/m0/s1. The number of hydrogen-bond acceptors (Lipinski definition) is 7. The zero-order chi connectivity index (χ0) is 36.2. The Labute approximate surface area is 291 Å². The highest BCUT2D eigenvalue weighted by Crippen LogP contribution is 2.52. The number of ether oxygens (including phenoxy) is 2. The molecule has 3 atom stereocenters. The Morgan fingerprint density at radius 3 is 2.36 bits per heavy atom. The maximum absolute atomic E-state index is 14.7. The summed E-state index contributed by atoms with van der Waals surface area (Å²) in [6, 6.07) is 0. The van der Waals surface area contributed by atoms with Crippen LogP contribution in [0.15, 0.2) is 29.6 Å². The lowest BCUT2D eigenvalue weighted by atomic mass is 9.85. The summed E-state index contributed by atoms with van der Waals surface area (Å²) in [6.45, 7) is 18.1. The largest absolute Gasteiger partial charge is 0.754 e. The molecule has 0 amide bonds. The van der Waals surface area contributed by atoms with E-state index in [4.69, 9.17) is 9.47 Å². The Morgan fingerprint density at radius 2 is 1.70 bits per heavy atom. The van der Waals surface area contributed by atoms with Gasteiger partial charge in [-0.3, -0.25) is 14.4 Å². The zero-order valence-corrected chi connectivity index (χ0v) is 30.1. The van der Waals surface area contributed by atoms with Crippen LogP contribution in [0.5, 0.6) is 0 Å². The molecule has 0 unspecified atom stereocenters. The second kappa shape index (κ2) is 13.3. The topological polar surface area (TPSA) is 143 Å². The second-order valence-electron chi connectivity index (χ2n) is 13.7. The normalized spacial score (nSPS) is 21.6. The van der Waals surface area contributed by atoms with Crippen LogP contribution in [0.25, 0.3) is 29.9 Å². The van der Waals surface area contributed by atoms with Gasteiger partial charge in [-0.05, 0) is 94.0 Å². The van der Waals surface area contributed by atoms with Gasteiger partial charge in [-0.2, -0.15) is 0 Å². The van der Waals surface area contributed by atoms with Gasteiger partial charge in [-0.15, -0.1) is 0 Å². The van der Waals surface area contributed by atoms with Crippen molar-refractivity contribution in [3.05, 3.63) is 102 Å². The van der Waals surface area contributed by atoms with Gasteiger partial charge >= 0.3 is 11.9 Å². The molecule has 3 N–H and O–H groups in total. The number of esters is 2. The lowest BCUT2D eigenvalue weighted by molar-refractivity contribution is -0.143. The van der Waals surface area contributed by atoms with Crippen molar-refractivity contribution in [1.29, 1.82) is 0 Å². The number of aromatic amines is 3. The highest BCUT2D eigenvalue weighted by atomic mass is 16.5. The van der Waals surface area contributed by atoms with Crippen LogP contribution in [0, 0.1) is 43.7 Å². The van der Waals surface area contributed by atoms with E-state index in [1.165, 1.54) is 7.11 Å². The third-order valence-electron chi connectivity index (χ3n) is 10.6. The number of fused-ring (bicyclic) bond motifs is 7. The molecular formula is C40H45N4O6-. The van der Waals surface area contributed by atoms with Crippen molar-refractivity contribution >= 4 is 47.6 Å². The number of hydrogen-bond donors (Lipinski definition) is 3. The van der Waals surface area contributed by atoms with Crippen molar-refractivity contribution in [3.8, 4) is 0 Å². The number of methoxy groups -OCH3 is 1. The molecule has 0 aromatic carbocycles. The van der Waals surface area contributed by atoms with E-state index in [1.54, 1.807) is 6.08 Å². The maximum atomic E-state index is 14.7. The molecule has 0 saturated carbocycles. The van der Waals surface area contributed by atoms with Gasteiger partial charge in [0.1, 0.15) is 12.5 Å². The van der Waals surface area contributed by atoms with Crippen molar-refractivity contribution in [2.45, 2.75) is 67.7 Å². The number of nitrogens with one attached hydrogen (secondary N) is 3. The van der Waals surface area contributed by atoms with Crippen LogP contribution in [0.4, 0.5) is 0 Å². The smallest absolute Gasteiger partial charge is 0.321 e. The van der Waals surface area contributed by atoms with Gasteiger partial charge in [0.25, 0.3) is 0 Å². The van der Waals surface area contributed by atoms with E-state index in [0.29, 0.717) is 33.8 Å². The number of rotatable bonds is 8. The zero-order valence-electron chi connectivity index (χ0n) is 30.1. The quantitative estimate of drug-likeness (QED) is 0.154. The van der Waals surface area contributed by atoms with Gasteiger partial charge in [0, 0.05) is 74.1 Å². The molecule has 0 radical (unpaired) electrons. The van der Waals surface area contributed by atoms with Crippen molar-refractivity contribution in [2.24, 2.45) is 17.8 Å². The third-order valence-corrected chi connectivity index (χ3v) is 10.6. The number of Topliss-reactive ketones (excluding diaryl/α,β-unsaturated/α-hetero) is 1. The summed E-state index contributed by atoms with van der Waals surface area (Å²) in [6.07, 6.45) is 10.6. The number of nitrogens with zero attached hydrogens (tertiary/aromatic N) is 1. The van der Waals surface area contributed by atoms with E-state index in [2.05, 4.69) is 41.5 Å². The molecule has 1 aliphatic carbocycles. The summed E-state index contributed by atoms with van der Waals surface area (Å²) < 4.78 is 10.6. The van der Waals surface area contributed by atoms with Crippen LogP contribution in [0.2, 0.25) is 0 Å². The maximum Gasteiger partial charge on any atom is 0.321 e. The lowest BCUT2D eigenvalue weighted by Gasteiger charge is -2.32. The number of H-pyrrole nitrogens is 3. The second-order valence-corrected chi connectivity index (χ2v) is 13.7. The van der Waals surface area contributed by atoms with Crippen molar-refractivity contribution in [3.63, 3.8) is 0 Å². The lowest BCUT2D eigenvalue weighted by Crippen LogP contribution is -2.25. The first-order chi connectivity index (χ1) is 23.8. The van der Waals surface area contributed by atoms with Crippen LogP contribution in [-0.2, 0) is 25.5 Å². The summed E-state index contributed by atoms with van der Waals surface area (Å²) in [5, 5.41) is 17.4. The SMILES string of the molecule is C=Cc1c2[nH]c(c1C)/C=C1/[C@@H](C)[C@H](CCC(=O)OCC=C(C)C)C(=C3c4[nH]c(c(C)c4C(=O)[C@@H]3C(=O)OC)/C=c3\[nH]/c(c(C)c3CC)=C\2)N1[O-]. The molecule has 0 spiro atoms. The number of carbonyl (C=O) groups is 3. The minimum absolute atomic E-state index is 0.0469. The Balaban J connectivity index is 1.65. The van der Waals surface area contributed by atoms with Crippen molar-refractivity contribution in [1.82, 2.24) is 20.0 Å². The molecule has 262 valence electrons. The van der Waals surface area contributed by atoms with Gasteiger partial charge in [0.05, 0.1) is 12.8 Å². The minimum Gasteiger partial charge on any atom is -0.754 e. The fourth-order valence-corrected chi connectivity index (χ4v) is 7.77. The Morgan fingerprint density at radius 1 is 1.00 bits per heavy atom. The Hall–Kier alpha value is -5.09. The van der Waals surface area contributed by atoms with Crippen LogP contribution in [-0.4, -0.2) is 51.5 Å². The molecule has 10 heteroatoms. The van der Waals surface area contributed by atoms with Gasteiger partial charge < -0.3 is 34.7 Å². The summed E-state index contributed by atoms with van der Waals surface area (Å²) in [5.74, 6) is -3.77. The fourth-order valence-electron chi connectivity index (χ4n) is 7.77. The summed E-state index contributed by atoms with van der Waals surface area (Å²) in [7, 11) is 1.24. The summed E-state index contributed by atoms with van der Waals surface area (Å²) in [4.78, 5) is 51.1. The third kappa shape index (κ3) is 5.61. The van der Waals surface area contributed by atoms with E-state index >= 15 is 0 Å². The monoisotopic (exact) mass is 677 g/mol. The Bertz CT molecular complexity index is 2160. The number of hydroxylamine groups is 2. The van der Waals surface area contributed by atoms with Gasteiger partial charge in [-0.25, -0.2) is 0 Å². The first-order valence-corrected chi connectivity index (χ1v) is 17.1. The van der Waals surface area contributed by atoms with Gasteiger partial charge in [-0.1, -0.05) is 32.1 Å². The summed E-state index contributed by atoms with van der Waals surface area (Å²) >= 11 is 0. The average molecular weight is 678 g/mol. The molecule has 3 aliphatic rings. The van der Waals surface area contributed by atoms with Crippen LogP contribution < -0.4 is 10.7 Å². The molecule has 3 aromatic rings. The highest BCUT2D eigenvalue weighted by Gasteiger charge is 2.49. The van der Waals surface area contributed by atoms with Crippen molar-refractivity contribution < 1.29 is 23.9 Å².